The largest absolute Gasteiger partial charge is 0.337 e. The Balaban J connectivity index is 0.965. The van der Waals surface area contributed by atoms with Crippen LogP contribution in [0.5, 0.6) is 0 Å². The van der Waals surface area contributed by atoms with Crippen LogP contribution in [0.3, 0.4) is 0 Å². The molecule has 10 heteroatoms. The number of rotatable bonds is 6. The molecule has 3 aromatic heterocycles. The number of likely N-dealkylation sites (tertiary alicyclic amines) is 1. The summed E-state index contributed by atoms with van der Waals surface area (Å²) in [6, 6.07) is 25.9. The molecule has 2 N–H and O–H groups in total. The third-order valence-electron chi connectivity index (χ3n) is 8.83. The van der Waals surface area contributed by atoms with E-state index in [1.165, 1.54) is 0 Å². The first-order valence-corrected chi connectivity index (χ1v) is 16.9. The van der Waals surface area contributed by atoms with Gasteiger partial charge in [-0.25, -0.2) is 14.5 Å². The minimum atomic E-state index is -0.324. The van der Waals surface area contributed by atoms with Crippen molar-refractivity contribution in [3.8, 4) is 5.69 Å². The summed E-state index contributed by atoms with van der Waals surface area (Å²) in [7, 11) is 0. The summed E-state index contributed by atoms with van der Waals surface area (Å²) in [5.41, 5.74) is 6.24. The molecule has 0 radical (unpaired) electrons. The lowest BCUT2D eigenvalue weighted by molar-refractivity contribution is 0.0685. The Bertz CT molecular complexity index is 2080. The molecular weight excluding hydrogens is 607 g/mol. The van der Waals surface area contributed by atoms with Crippen LogP contribution in [0.2, 0.25) is 0 Å². The molecule has 1 saturated heterocycles. The Hall–Kier alpha value is -4.96. The van der Waals surface area contributed by atoms with Crippen LogP contribution in [0.25, 0.3) is 20.9 Å². The van der Waals surface area contributed by atoms with Gasteiger partial charge in [0.1, 0.15) is 11.5 Å². The van der Waals surface area contributed by atoms with Crippen molar-refractivity contribution >= 4 is 50.0 Å². The molecule has 0 saturated carbocycles. The van der Waals surface area contributed by atoms with Crippen LogP contribution in [0.4, 0.5) is 16.3 Å². The van der Waals surface area contributed by atoms with E-state index in [0.717, 1.165) is 62.6 Å². The minimum Gasteiger partial charge on any atom is -0.337 e. The van der Waals surface area contributed by atoms with Crippen LogP contribution in [0.15, 0.2) is 85.1 Å². The first-order valence-electron chi connectivity index (χ1n) is 16.1. The molecule has 1 aliphatic heterocycles. The van der Waals surface area contributed by atoms with Gasteiger partial charge in [0.05, 0.1) is 21.6 Å². The maximum atomic E-state index is 13.3. The van der Waals surface area contributed by atoms with Gasteiger partial charge in [-0.1, -0.05) is 74.1 Å². The Morgan fingerprint density at radius 2 is 1.70 bits per heavy atom. The number of amides is 3. The number of anilines is 2. The highest BCUT2D eigenvalue weighted by Gasteiger charge is 2.26. The molecule has 0 spiro atoms. The summed E-state index contributed by atoms with van der Waals surface area (Å²) in [5.74, 6) is 1.06. The highest BCUT2D eigenvalue weighted by atomic mass is 32.1. The molecule has 3 aromatic carbocycles. The predicted molar refractivity (Wildman–Crippen MR) is 189 cm³/mol. The first kappa shape index (κ1) is 30.7. The molecule has 9 nitrogen and oxygen atoms in total. The number of hydrogen-bond donors (Lipinski definition) is 2. The molecule has 47 heavy (non-hydrogen) atoms. The van der Waals surface area contributed by atoms with E-state index in [9.17, 15) is 9.59 Å². The summed E-state index contributed by atoms with van der Waals surface area (Å²) in [4.78, 5) is 33.9. The Kier molecular flexibility index (Phi) is 8.05. The first-order chi connectivity index (χ1) is 22.6. The zero-order valence-corrected chi connectivity index (χ0v) is 28.0. The second-order valence-corrected chi connectivity index (χ2v) is 14.5. The lowest BCUT2D eigenvalue weighted by Crippen LogP contribution is -2.39. The number of urea groups is 1. The van der Waals surface area contributed by atoms with Crippen LogP contribution < -0.4 is 10.6 Å². The van der Waals surface area contributed by atoms with E-state index in [1.807, 2.05) is 83.1 Å². The van der Waals surface area contributed by atoms with Crippen molar-refractivity contribution in [3.05, 3.63) is 108 Å². The van der Waals surface area contributed by atoms with Gasteiger partial charge < -0.3 is 10.2 Å². The molecule has 0 unspecified atom stereocenters. The minimum absolute atomic E-state index is 0.000942. The highest BCUT2D eigenvalue weighted by molar-refractivity contribution is 7.23. The Morgan fingerprint density at radius 1 is 0.936 bits per heavy atom. The van der Waals surface area contributed by atoms with Crippen molar-refractivity contribution < 1.29 is 9.59 Å². The lowest BCUT2D eigenvalue weighted by Gasteiger charge is -2.31. The summed E-state index contributed by atoms with van der Waals surface area (Å²) < 4.78 is 4.96. The number of para-hydroxylation sites is 1. The standard InChI is InChI=1S/C37H39N7O2S/c1-24-12-14-28(15-13-24)44-33(22-32(41-44)37(2,3)4)40-35(46)38-27-9-7-8-26(21-27)20-25-16-18-42(19-17-25)34(45)29-23-43-30-10-5-6-11-31(30)47-36(43)39-29/h5-15,21-23,25H,16-20H2,1-4H3,(H2,38,40,46). The topological polar surface area (TPSA) is 96.6 Å². The number of imidazole rings is 1. The van der Waals surface area contributed by atoms with E-state index in [2.05, 4.69) is 54.6 Å². The number of benzene rings is 3. The molecule has 7 rings (SSSR count). The number of nitrogens with zero attached hydrogens (tertiary/aromatic N) is 5. The average molecular weight is 646 g/mol. The fourth-order valence-corrected chi connectivity index (χ4v) is 7.17. The van der Waals surface area contributed by atoms with Gasteiger partial charge in [-0.05, 0) is 74.1 Å². The number of aryl methyl sites for hydroxylation is 1. The molecule has 3 amide bonds. The molecule has 0 atom stereocenters. The number of hydrogen-bond acceptors (Lipinski definition) is 5. The van der Waals surface area contributed by atoms with Gasteiger partial charge in [-0.15, -0.1) is 0 Å². The maximum absolute atomic E-state index is 13.3. The van der Waals surface area contributed by atoms with Gasteiger partial charge in [0, 0.05) is 36.5 Å². The van der Waals surface area contributed by atoms with E-state index < -0.39 is 0 Å². The van der Waals surface area contributed by atoms with Crippen molar-refractivity contribution in [3.63, 3.8) is 0 Å². The second kappa shape index (κ2) is 12.3. The molecular formula is C37H39N7O2S. The highest BCUT2D eigenvalue weighted by Crippen LogP contribution is 2.29. The fraction of sp³-hybridized carbons (Fsp3) is 0.297. The lowest BCUT2D eigenvalue weighted by atomic mass is 9.90. The van der Waals surface area contributed by atoms with Gasteiger partial charge in [-0.3, -0.25) is 14.5 Å². The van der Waals surface area contributed by atoms with Crippen LogP contribution >= 0.6 is 11.3 Å². The van der Waals surface area contributed by atoms with Crippen molar-refractivity contribution in [1.82, 2.24) is 24.1 Å². The average Bonchev–Trinajstić information content (AvgIpc) is 3.75. The quantitative estimate of drug-likeness (QED) is 0.191. The summed E-state index contributed by atoms with van der Waals surface area (Å²) in [6.07, 6.45) is 4.61. The van der Waals surface area contributed by atoms with Crippen molar-refractivity contribution in [1.29, 1.82) is 0 Å². The number of fused-ring (bicyclic) bond motifs is 3. The van der Waals surface area contributed by atoms with Crippen molar-refractivity contribution in [2.45, 2.75) is 52.4 Å². The molecule has 4 heterocycles. The molecule has 6 aromatic rings. The third kappa shape index (κ3) is 6.51. The number of aromatic nitrogens is 4. The molecule has 0 aliphatic carbocycles. The normalized spacial score (nSPS) is 14.2. The Labute approximate surface area is 278 Å². The molecule has 1 aliphatic rings. The molecule has 240 valence electrons. The predicted octanol–water partition coefficient (Wildman–Crippen LogP) is 8.08. The third-order valence-corrected chi connectivity index (χ3v) is 9.86. The van der Waals surface area contributed by atoms with E-state index in [1.54, 1.807) is 16.0 Å². The van der Waals surface area contributed by atoms with Crippen LogP contribution in [0, 0.1) is 12.8 Å². The SMILES string of the molecule is Cc1ccc(-n2nc(C(C)(C)C)cc2NC(=O)Nc2cccc(CC3CCN(C(=O)c4cn5c(n4)sc4ccccc45)CC3)c2)cc1. The summed E-state index contributed by atoms with van der Waals surface area (Å²) in [6.45, 7) is 9.78. The molecule has 1 fully saturated rings. The monoisotopic (exact) mass is 645 g/mol. The number of thiazole rings is 1. The molecule has 0 bridgehead atoms. The van der Waals surface area contributed by atoms with Gasteiger partial charge in [0.2, 0.25) is 0 Å². The Morgan fingerprint density at radius 3 is 2.47 bits per heavy atom. The number of carbonyl (C=O) groups excluding carboxylic acids is 2. The van der Waals surface area contributed by atoms with Crippen molar-refractivity contribution in [2.75, 3.05) is 23.7 Å². The maximum Gasteiger partial charge on any atom is 0.324 e. The van der Waals surface area contributed by atoms with E-state index >= 15 is 0 Å². The van der Waals surface area contributed by atoms with Crippen LogP contribution in [-0.4, -0.2) is 49.1 Å². The smallest absolute Gasteiger partial charge is 0.324 e. The number of carbonyl (C=O) groups is 2. The van der Waals surface area contributed by atoms with E-state index in [-0.39, 0.29) is 17.4 Å². The van der Waals surface area contributed by atoms with Gasteiger partial charge in [-0.2, -0.15) is 5.10 Å². The van der Waals surface area contributed by atoms with Crippen LogP contribution in [0.1, 0.15) is 60.9 Å². The summed E-state index contributed by atoms with van der Waals surface area (Å²) >= 11 is 1.60. The van der Waals surface area contributed by atoms with Gasteiger partial charge in [0.15, 0.2) is 4.96 Å². The van der Waals surface area contributed by atoms with Crippen molar-refractivity contribution in [2.24, 2.45) is 5.92 Å². The summed E-state index contributed by atoms with van der Waals surface area (Å²) in [5, 5.41) is 10.8. The van der Waals surface area contributed by atoms with E-state index in [4.69, 9.17) is 5.10 Å². The number of piperidine rings is 1. The second-order valence-electron chi connectivity index (χ2n) is 13.5. The van der Waals surface area contributed by atoms with Crippen LogP contribution in [-0.2, 0) is 11.8 Å². The fourth-order valence-electron chi connectivity index (χ4n) is 6.16. The zero-order valence-electron chi connectivity index (χ0n) is 27.2. The zero-order chi connectivity index (χ0) is 32.7. The van der Waals surface area contributed by atoms with Gasteiger partial charge >= 0.3 is 6.03 Å². The van der Waals surface area contributed by atoms with E-state index in [0.29, 0.717) is 30.5 Å². The number of nitrogens with one attached hydrogen (secondary N) is 2. The van der Waals surface area contributed by atoms with Gasteiger partial charge in [0.25, 0.3) is 5.91 Å².